The number of carbonyl (C=O) groups is 1. The highest BCUT2D eigenvalue weighted by Gasteiger charge is 2.16. The van der Waals surface area contributed by atoms with E-state index in [1.54, 1.807) is 12.4 Å². The van der Waals surface area contributed by atoms with Crippen molar-refractivity contribution in [1.82, 2.24) is 19.9 Å². The van der Waals surface area contributed by atoms with Gasteiger partial charge in [-0.25, -0.2) is 9.97 Å². The first kappa shape index (κ1) is 23.4. The van der Waals surface area contributed by atoms with E-state index >= 15 is 0 Å². The third-order valence-electron chi connectivity index (χ3n) is 6.32. The summed E-state index contributed by atoms with van der Waals surface area (Å²) in [5.74, 6) is 0.225. The molecule has 1 amide bonds. The molecule has 2 aromatic heterocycles. The van der Waals surface area contributed by atoms with E-state index in [0.29, 0.717) is 23.4 Å². The van der Waals surface area contributed by atoms with E-state index in [4.69, 9.17) is 4.98 Å². The molecule has 8 heteroatoms. The van der Waals surface area contributed by atoms with Crippen LogP contribution in [0.5, 0.6) is 0 Å². The molecule has 2 aromatic carbocycles. The Balaban J connectivity index is 1.35. The summed E-state index contributed by atoms with van der Waals surface area (Å²) < 4.78 is 0. The summed E-state index contributed by atoms with van der Waals surface area (Å²) in [7, 11) is 2.17. The van der Waals surface area contributed by atoms with Crippen molar-refractivity contribution in [2.45, 2.75) is 18.9 Å². The van der Waals surface area contributed by atoms with Crippen LogP contribution >= 0.6 is 0 Å². The van der Waals surface area contributed by atoms with Gasteiger partial charge in [0.15, 0.2) is 0 Å². The average molecular weight is 480 g/mol. The van der Waals surface area contributed by atoms with Crippen LogP contribution in [0.15, 0.2) is 79.6 Å². The lowest BCUT2D eigenvalue weighted by Gasteiger charge is -2.30. The Morgan fingerprint density at radius 3 is 2.58 bits per heavy atom. The maximum Gasteiger partial charge on any atom is 0.247 e. The lowest BCUT2D eigenvalue weighted by atomic mass is 10.1. The SMILES string of the molecule is C=CC(=O)Nc1cccc(-c2nccc3cnc(Nc4ccc(NC5CCN(C)CC5)cc4)nc23)c1. The number of carbonyl (C=O) groups excluding carboxylic acids is 1. The maximum atomic E-state index is 11.7. The summed E-state index contributed by atoms with van der Waals surface area (Å²) >= 11 is 0. The van der Waals surface area contributed by atoms with Crippen LogP contribution in [0.25, 0.3) is 22.2 Å². The summed E-state index contributed by atoms with van der Waals surface area (Å²) in [5.41, 5.74) is 4.97. The number of hydrogen-bond donors (Lipinski definition) is 3. The van der Waals surface area contributed by atoms with E-state index in [0.717, 1.165) is 53.8 Å². The van der Waals surface area contributed by atoms with Crippen molar-refractivity contribution in [3.05, 3.63) is 79.6 Å². The summed E-state index contributed by atoms with van der Waals surface area (Å²) in [6, 6.07) is 18.1. The Labute approximate surface area is 210 Å². The largest absolute Gasteiger partial charge is 0.382 e. The lowest BCUT2D eigenvalue weighted by molar-refractivity contribution is -0.111. The quantitative estimate of drug-likeness (QED) is 0.319. The van der Waals surface area contributed by atoms with Crippen LogP contribution in [-0.4, -0.2) is 51.9 Å². The smallest absolute Gasteiger partial charge is 0.247 e. The molecule has 3 N–H and O–H groups in total. The number of rotatable bonds is 7. The van der Waals surface area contributed by atoms with Crippen LogP contribution in [0, 0.1) is 0 Å². The molecule has 36 heavy (non-hydrogen) atoms. The molecule has 5 rings (SSSR count). The molecule has 182 valence electrons. The number of anilines is 4. The summed E-state index contributed by atoms with van der Waals surface area (Å²) in [6.45, 7) is 5.75. The molecule has 0 saturated carbocycles. The van der Waals surface area contributed by atoms with E-state index < -0.39 is 0 Å². The van der Waals surface area contributed by atoms with Gasteiger partial charge in [-0.15, -0.1) is 0 Å². The van der Waals surface area contributed by atoms with Crippen LogP contribution < -0.4 is 16.0 Å². The van der Waals surface area contributed by atoms with E-state index in [9.17, 15) is 4.79 Å². The van der Waals surface area contributed by atoms with Crippen LogP contribution in [-0.2, 0) is 4.79 Å². The number of fused-ring (bicyclic) bond motifs is 1. The van der Waals surface area contributed by atoms with Crippen molar-refractivity contribution in [1.29, 1.82) is 0 Å². The van der Waals surface area contributed by atoms with Crippen molar-refractivity contribution in [3.8, 4) is 11.3 Å². The molecule has 0 atom stereocenters. The second-order valence-electron chi connectivity index (χ2n) is 8.99. The van der Waals surface area contributed by atoms with Gasteiger partial charge in [0.2, 0.25) is 11.9 Å². The number of piperidine rings is 1. The molecule has 1 saturated heterocycles. The van der Waals surface area contributed by atoms with Crippen molar-refractivity contribution in [2.75, 3.05) is 36.1 Å². The minimum atomic E-state index is -0.264. The average Bonchev–Trinajstić information content (AvgIpc) is 2.91. The molecular formula is C28H29N7O. The maximum absolute atomic E-state index is 11.7. The Bertz CT molecular complexity index is 1380. The predicted molar refractivity (Wildman–Crippen MR) is 145 cm³/mol. The number of nitrogens with zero attached hydrogens (tertiary/aromatic N) is 4. The van der Waals surface area contributed by atoms with Crippen molar-refractivity contribution in [3.63, 3.8) is 0 Å². The van der Waals surface area contributed by atoms with Crippen LogP contribution in [0.1, 0.15) is 12.8 Å². The molecule has 0 radical (unpaired) electrons. The Morgan fingerprint density at radius 2 is 1.81 bits per heavy atom. The molecule has 0 bridgehead atoms. The molecule has 0 unspecified atom stereocenters. The highest BCUT2D eigenvalue weighted by Crippen LogP contribution is 2.28. The fourth-order valence-corrected chi connectivity index (χ4v) is 4.33. The number of nitrogens with one attached hydrogen (secondary N) is 3. The monoisotopic (exact) mass is 479 g/mol. The lowest BCUT2D eigenvalue weighted by Crippen LogP contribution is -2.36. The molecule has 0 spiro atoms. The van der Waals surface area contributed by atoms with E-state index in [2.05, 4.69) is 56.6 Å². The standard InChI is InChI=1S/C28H29N7O/c1-3-25(36)32-24-6-4-5-19(17-24)26-27-20(11-14-29-26)18-30-28(34-27)33-22-9-7-21(8-10-22)31-23-12-15-35(2)16-13-23/h3-11,14,17-18,23,31H,1,12-13,15-16H2,2H3,(H,32,36)(H,30,33,34). The minimum Gasteiger partial charge on any atom is -0.382 e. The number of likely N-dealkylation sites (tertiary alicyclic amines) is 1. The summed E-state index contributed by atoms with van der Waals surface area (Å²) in [4.78, 5) is 27.9. The first-order valence-corrected chi connectivity index (χ1v) is 12.1. The molecule has 3 heterocycles. The van der Waals surface area contributed by atoms with Gasteiger partial charge < -0.3 is 20.9 Å². The third-order valence-corrected chi connectivity index (χ3v) is 6.32. The first-order valence-electron chi connectivity index (χ1n) is 12.1. The zero-order valence-electron chi connectivity index (χ0n) is 20.2. The van der Waals surface area contributed by atoms with Gasteiger partial charge >= 0.3 is 0 Å². The Hall–Kier alpha value is -4.30. The zero-order valence-corrected chi connectivity index (χ0v) is 20.2. The molecule has 1 aliphatic rings. The fraction of sp³-hybridized carbons (Fsp3) is 0.214. The topological polar surface area (TPSA) is 95.1 Å². The van der Waals surface area contributed by atoms with E-state index in [1.807, 2.05) is 42.5 Å². The highest BCUT2D eigenvalue weighted by atomic mass is 16.1. The number of amides is 1. The van der Waals surface area contributed by atoms with Gasteiger partial charge in [0.05, 0.1) is 5.69 Å². The normalized spacial score (nSPS) is 14.4. The van der Waals surface area contributed by atoms with Gasteiger partial charge in [0, 0.05) is 46.4 Å². The van der Waals surface area contributed by atoms with Gasteiger partial charge in [-0.2, -0.15) is 0 Å². The number of aromatic nitrogens is 3. The molecule has 1 fully saturated rings. The highest BCUT2D eigenvalue weighted by molar-refractivity contribution is 5.99. The minimum absolute atomic E-state index is 0.264. The van der Waals surface area contributed by atoms with Gasteiger partial charge in [0.25, 0.3) is 0 Å². The van der Waals surface area contributed by atoms with E-state index in [-0.39, 0.29) is 5.91 Å². The fourth-order valence-electron chi connectivity index (χ4n) is 4.33. The predicted octanol–water partition coefficient (Wildman–Crippen LogP) is 5.07. The second-order valence-corrected chi connectivity index (χ2v) is 8.99. The summed E-state index contributed by atoms with van der Waals surface area (Å²) in [6.07, 6.45) is 7.07. The number of benzene rings is 2. The third kappa shape index (κ3) is 5.50. The number of hydrogen-bond acceptors (Lipinski definition) is 7. The van der Waals surface area contributed by atoms with Crippen molar-refractivity contribution >= 4 is 39.8 Å². The van der Waals surface area contributed by atoms with Crippen molar-refractivity contribution < 1.29 is 4.79 Å². The molecule has 4 aromatic rings. The van der Waals surface area contributed by atoms with Crippen LogP contribution in [0.4, 0.5) is 23.0 Å². The van der Waals surface area contributed by atoms with Gasteiger partial charge in [-0.05, 0) is 81.5 Å². The van der Waals surface area contributed by atoms with E-state index in [1.165, 1.54) is 6.08 Å². The van der Waals surface area contributed by atoms with Crippen LogP contribution in [0.2, 0.25) is 0 Å². The van der Waals surface area contributed by atoms with Crippen LogP contribution in [0.3, 0.4) is 0 Å². The van der Waals surface area contributed by atoms with Crippen molar-refractivity contribution in [2.24, 2.45) is 0 Å². The molecule has 0 aliphatic carbocycles. The van der Waals surface area contributed by atoms with Gasteiger partial charge in [-0.3, -0.25) is 9.78 Å². The van der Waals surface area contributed by atoms with Gasteiger partial charge in [0.1, 0.15) is 5.52 Å². The first-order chi connectivity index (χ1) is 17.6. The molecular weight excluding hydrogens is 450 g/mol. The second kappa shape index (κ2) is 10.5. The summed E-state index contributed by atoms with van der Waals surface area (Å²) in [5, 5.41) is 10.6. The zero-order chi connectivity index (χ0) is 24.9. The Kier molecular flexibility index (Phi) is 6.86. The molecule has 8 nitrogen and oxygen atoms in total. The Morgan fingerprint density at radius 1 is 1.03 bits per heavy atom. The molecule has 1 aliphatic heterocycles. The number of pyridine rings is 1. The van der Waals surface area contributed by atoms with Gasteiger partial charge in [-0.1, -0.05) is 18.7 Å².